The minimum atomic E-state index is -0.471. The zero-order valence-corrected chi connectivity index (χ0v) is 8.61. The Balaban J connectivity index is 2.10. The molecule has 0 radical (unpaired) electrons. The number of hydrogen-bond donors (Lipinski definition) is 1. The van der Waals surface area contributed by atoms with E-state index in [1.54, 1.807) is 12.4 Å². The molecule has 0 aliphatic heterocycles. The second-order valence-corrected chi connectivity index (χ2v) is 4.43. The van der Waals surface area contributed by atoms with Crippen molar-refractivity contribution >= 4 is 0 Å². The Kier molecular flexibility index (Phi) is 2.55. The fourth-order valence-electron chi connectivity index (χ4n) is 2.35. The molecule has 1 heterocycles. The SMILES string of the molecule is CC1CCCC1(O)Cc1ccncc1. The highest BCUT2D eigenvalue weighted by molar-refractivity contribution is 5.14. The summed E-state index contributed by atoms with van der Waals surface area (Å²) in [6, 6.07) is 3.98. The van der Waals surface area contributed by atoms with Crippen LogP contribution in [0.4, 0.5) is 0 Å². The number of rotatable bonds is 2. The van der Waals surface area contributed by atoms with E-state index in [4.69, 9.17) is 0 Å². The van der Waals surface area contributed by atoms with Crippen molar-refractivity contribution in [3.63, 3.8) is 0 Å². The molecule has 0 aromatic carbocycles. The molecular formula is C12H17NO. The zero-order valence-electron chi connectivity index (χ0n) is 8.61. The van der Waals surface area contributed by atoms with Crippen LogP contribution < -0.4 is 0 Å². The van der Waals surface area contributed by atoms with Crippen LogP contribution in [0.25, 0.3) is 0 Å². The Morgan fingerprint density at radius 1 is 1.50 bits per heavy atom. The van der Waals surface area contributed by atoms with E-state index < -0.39 is 5.60 Å². The van der Waals surface area contributed by atoms with Gasteiger partial charge in [0, 0.05) is 18.8 Å². The van der Waals surface area contributed by atoms with Gasteiger partial charge in [0.15, 0.2) is 0 Å². The molecule has 1 aromatic rings. The van der Waals surface area contributed by atoms with E-state index in [1.165, 1.54) is 5.56 Å². The van der Waals surface area contributed by atoms with Gasteiger partial charge < -0.3 is 5.11 Å². The van der Waals surface area contributed by atoms with Crippen molar-refractivity contribution in [3.05, 3.63) is 30.1 Å². The smallest absolute Gasteiger partial charge is 0.0713 e. The molecule has 2 nitrogen and oxygen atoms in total. The van der Waals surface area contributed by atoms with Crippen LogP contribution in [0.5, 0.6) is 0 Å². The third-order valence-electron chi connectivity index (χ3n) is 3.42. The molecule has 2 unspecified atom stereocenters. The molecule has 1 aliphatic carbocycles. The quantitative estimate of drug-likeness (QED) is 0.777. The standard InChI is InChI=1S/C12H17NO/c1-10-3-2-6-12(10,14)9-11-4-7-13-8-5-11/h4-5,7-8,10,14H,2-3,6,9H2,1H3. The summed E-state index contributed by atoms with van der Waals surface area (Å²) in [5.74, 6) is 0.427. The monoisotopic (exact) mass is 191 g/mol. The maximum Gasteiger partial charge on any atom is 0.0713 e. The van der Waals surface area contributed by atoms with E-state index in [1.807, 2.05) is 12.1 Å². The molecule has 1 saturated carbocycles. The molecule has 14 heavy (non-hydrogen) atoms. The van der Waals surface area contributed by atoms with Crippen molar-refractivity contribution in [2.45, 2.75) is 38.2 Å². The van der Waals surface area contributed by atoms with Gasteiger partial charge in [-0.2, -0.15) is 0 Å². The van der Waals surface area contributed by atoms with E-state index in [-0.39, 0.29) is 0 Å². The first-order chi connectivity index (χ1) is 6.71. The summed E-state index contributed by atoms with van der Waals surface area (Å²) in [5.41, 5.74) is 0.720. The van der Waals surface area contributed by atoms with Crippen LogP contribution in [0.2, 0.25) is 0 Å². The summed E-state index contributed by atoms with van der Waals surface area (Å²) in [6.45, 7) is 2.15. The number of aromatic nitrogens is 1. The first-order valence-corrected chi connectivity index (χ1v) is 5.32. The van der Waals surface area contributed by atoms with Crippen LogP contribution in [0.3, 0.4) is 0 Å². The summed E-state index contributed by atoms with van der Waals surface area (Å²) in [5, 5.41) is 10.4. The lowest BCUT2D eigenvalue weighted by atomic mass is 9.86. The number of nitrogens with zero attached hydrogens (tertiary/aromatic N) is 1. The molecule has 1 aromatic heterocycles. The van der Waals surface area contributed by atoms with Gasteiger partial charge in [0.05, 0.1) is 5.60 Å². The van der Waals surface area contributed by atoms with Gasteiger partial charge in [-0.15, -0.1) is 0 Å². The normalized spacial score (nSPS) is 32.0. The van der Waals surface area contributed by atoms with E-state index >= 15 is 0 Å². The van der Waals surface area contributed by atoms with Crippen molar-refractivity contribution in [3.8, 4) is 0 Å². The molecule has 2 rings (SSSR count). The van der Waals surface area contributed by atoms with E-state index in [2.05, 4.69) is 11.9 Å². The van der Waals surface area contributed by atoms with Gasteiger partial charge in [-0.1, -0.05) is 13.3 Å². The van der Waals surface area contributed by atoms with Crippen molar-refractivity contribution in [2.75, 3.05) is 0 Å². The Hall–Kier alpha value is -0.890. The van der Waals surface area contributed by atoms with E-state index in [0.717, 1.165) is 25.7 Å². The van der Waals surface area contributed by atoms with Crippen molar-refractivity contribution in [1.82, 2.24) is 4.98 Å². The van der Waals surface area contributed by atoms with Crippen LogP contribution in [-0.2, 0) is 6.42 Å². The largest absolute Gasteiger partial charge is 0.389 e. The molecule has 1 fully saturated rings. The third kappa shape index (κ3) is 1.80. The van der Waals surface area contributed by atoms with E-state index in [0.29, 0.717) is 5.92 Å². The minimum absolute atomic E-state index is 0.427. The highest BCUT2D eigenvalue weighted by atomic mass is 16.3. The molecule has 76 valence electrons. The van der Waals surface area contributed by atoms with Crippen LogP contribution >= 0.6 is 0 Å². The Bertz CT molecular complexity index is 298. The number of pyridine rings is 1. The summed E-state index contributed by atoms with van der Waals surface area (Å²) in [6.07, 6.45) is 7.61. The number of aliphatic hydroxyl groups is 1. The lowest BCUT2D eigenvalue weighted by Gasteiger charge is -2.27. The van der Waals surface area contributed by atoms with Gasteiger partial charge in [-0.3, -0.25) is 4.98 Å². The van der Waals surface area contributed by atoms with Crippen molar-refractivity contribution < 1.29 is 5.11 Å². The molecule has 1 aliphatic rings. The predicted molar refractivity (Wildman–Crippen MR) is 55.9 cm³/mol. The summed E-state index contributed by atoms with van der Waals surface area (Å²) in [7, 11) is 0. The lowest BCUT2D eigenvalue weighted by molar-refractivity contribution is 0.00958. The fourth-order valence-corrected chi connectivity index (χ4v) is 2.35. The second-order valence-electron chi connectivity index (χ2n) is 4.43. The average molecular weight is 191 g/mol. The van der Waals surface area contributed by atoms with Gasteiger partial charge in [0.2, 0.25) is 0 Å². The van der Waals surface area contributed by atoms with Crippen LogP contribution in [-0.4, -0.2) is 15.7 Å². The number of hydrogen-bond acceptors (Lipinski definition) is 2. The van der Waals surface area contributed by atoms with Crippen LogP contribution in [0.1, 0.15) is 31.7 Å². The Morgan fingerprint density at radius 3 is 2.79 bits per heavy atom. The molecule has 2 atom stereocenters. The fraction of sp³-hybridized carbons (Fsp3) is 0.583. The van der Waals surface area contributed by atoms with Gasteiger partial charge >= 0.3 is 0 Å². The molecule has 0 bridgehead atoms. The van der Waals surface area contributed by atoms with Gasteiger partial charge in [-0.25, -0.2) is 0 Å². The van der Waals surface area contributed by atoms with Gasteiger partial charge in [0.25, 0.3) is 0 Å². The Morgan fingerprint density at radius 2 is 2.21 bits per heavy atom. The molecule has 0 amide bonds. The van der Waals surface area contributed by atoms with Gasteiger partial charge in [-0.05, 0) is 36.5 Å². The third-order valence-corrected chi connectivity index (χ3v) is 3.42. The molecule has 2 heteroatoms. The van der Waals surface area contributed by atoms with Crippen molar-refractivity contribution in [1.29, 1.82) is 0 Å². The first-order valence-electron chi connectivity index (χ1n) is 5.32. The molecular weight excluding hydrogens is 174 g/mol. The lowest BCUT2D eigenvalue weighted by Crippen LogP contribution is -2.34. The molecule has 0 saturated heterocycles. The first kappa shape index (κ1) is 9.66. The molecule has 1 N–H and O–H groups in total. The van der Waals surface area contributed by atoms with Crippen LogP contribution in [0.15, 0.2) is 24.5 Å². The highest BCUT2D eigenvalue weighted by Crippen LogP contribution is 2.37. The maximum absolute atomic E-state index is 10.4. The topological polar surface area (TPSA) is 33.1 Å². The second kappa shape index (κ2) is 3.70. The maximum atomic E-state index is 10.4. The minimum Gasteiger partial charge on any atom is -0.389 e. The van der Waals surface area contributed by atoms with Crippen LogP contribution in [0, 0.1) is 5.92 Å². The predicted octanol–water partition coefficient (Wildman–Crippen LogP) is 2.18. The van der Waals surface area contributed by atoms with E-state index in [9.17, 15) is 5.11 Å². The van der Waals surface area contributed by atoms with Gasteiger partial charge in [0.1, 0.15) is 0 Å². The average Bonchev–Trinajstić information content (AvgIpc) is 2.48. The molecule has 0 spiro atoms. The zero-order chi connectivity index (χ0) is 10.0. The summed E-state index contributed by atoms with van der Waals surface area (Å²) < 4.78 is 0. The summed E-state index contributed by atoms with van der Waals surface area (Å²) in [4.78, 5) is 3.98. The Labute approximate surface area is 85.0 Å². The highest BCUT2D eigenvalue weighted by Gasteiger charge is 2.37. The van der Waals surface area contributed by atoms with Crippen molar-refractivity contribution in [2.24, 2.45) is 5.92 Å². The summed E-state index contributed by atoms with van der Waals surface area (Å²) >= 11 is 0.